The van der Waals surface area contributed by atoms with Crippen molar-refractivity contribution in [3.05, 3.63) is 305 Å². The Bertz CT molecular complexity index is 3490. The van der Waals surface area contributed by atoms with Crippen molar-refractivity contribution in [2.75, 3.05) is 4.90 Å². The Kier molecular flexibility index (Phi) is 9.88. The number of hydrogen-bond donors (Lipinski definition) is 2. The van der Waals surface area contributed by atoms with E-state index in [9.17, 15) is 5.41 Å². The highest BCUT2D eigenvalue weighted by Gasteiger charge is 2.46. The van der Waals surface area contributed by atoms with Crippen molar-refractivity contribution in [3.8, 4) is 11.1 Å². The molecular weight excluding hydrogens is 811 g/mol. The zero-order valence-electron chi connectivity index (χ0n) is 36.8. The lowest BCUT2D eigenvalue weighted by molar-refractivity contribution is 0.768. The van der Waals surface area contributed by atoms with E-state index in [1.54, 1.807) is 0 Å². The molecule has 1 heterocycles. The van der Waals surface area contributed by atoms with Crippen molar-refractivity contribution in [2.45, 2.75) is 5.41 Å². The summed E-state index contributed by atoms with van der Waals surface area (Å²) < 4.78 is 0. The second kappa shape index (κ2) is 16.6. The molecule has 67 heavy (non-hydrogen) atoms. The molecule has 3 heteroatoms. The average Bonchev–Trinajstić information content (AvgIpc) is 3.70. The molecule has 0 saturated carbocycles. The summed E-state index contributed by atoms with van der Waals surface area (Å²) in [7, 11) is 0. The molecule has 12 rings (SSSR count). The highest BCUT2D eigenvalue weighted by Crippen LogP contribution is 2.57. The third kappa shape index (κ3) is 6.71. The van der Waals surface area contributed by atoms with Gasteiger partial charge in [0, 0.05) is 39.2 Å². The Hall–Kier alpha value is -8.79. The Morgan fingerprint density at radius 1 is 0.433 bits per heavy atom. The first-order chi connectivity index (χ1) is 33.2. The fourth-order valence-corrected chi connectivity index (χ4v) is 10.6. The van der Waals surface area contributed by atoms with Crippen LogP contribution in [-0.2, 0) is 5.41 Å². The van der Waals surface area contributed by atoms with E-state index in [2.05, 4.69) is 235 Å². The molecule has 316 valence electrons. The normalized spacial score (nSPS) is 13.9. The maximum Gasteiger partial charge on any atom is 0.0714 e. The van der Waals surface area contributed by atoms with Crippen molar-refractivity contribution in [3.63, 3.8) is 0 Å². The molecule has 0 aromatic heterocycles. The molecule has 0 fully saturated rings. The lowest BCUT2D eigenvalue weighted by Gasteiger charge is -2.35. The summed E-state index contributed by atoms with van der Waals surface area (Å²) in [6.45, 7) is 0. The smallest absolute Gasteiger partial charge is 0.0714 e. The third-order valence-electron chi connectivity index (χ3n) is 13.5. The quantitative estimate of drug-likeness (QED) is 0.142. The summed E-state index contributed by atoms with van der Waals surface area (Å²) in [6, 6.07) is 91.1. The second-order valence-corrected chi connectivity index (χ2v) is 17.3. The number of fused-ring (bicyclic) bond motifs is 5. The van der Waals surface area contributed by atoms with Gasteiger partial charge in [0.05, 0.1) is 22.5 Å². The molecule has 1 aliphatic carbocycles. The number of anilines is 3. The molecule has 0 unspecified atom stereocenters. The first kappa shape index (κ1) is 39.8. The van der Waals surface area contributed by atoms with Gasteiger partial charge in [-0.25, -0.2) is 0 Å². The minimum Gasteiger partial charge on any atom is -0.354 e. The van der Waals surface area contributed by atoms with Gasteiger partial charge in [0.2, 0.25) is 0 Å². The van der Waals surface area contributed by atoms with E-state index in [-0.39, 0.29) is 0 Å². The summed E-state index contributed by atoms with van der Waals surface area (Å²) in [5, 5.41) is 16.0. The van der Waals surface area contributed by atoms with Crippen molar-refractivity contribution >= 4 is 56.6 Å². The molecular formula is C64H45N3. The molecule has 0 amide bonds. The Morgan fingerprint density at radius 2 is 0.970 bits per heavy atom. The maximum absolute atomic E-state index is 9.82. The van der Waals surface area contributed by atoms with E-state index in [1.807, 2.05) is 36.4 Å². The van der Waals surface area contributed by atoms with Gasteiger partial charge in [-0.05, 0) is 91.9 Å². The van der Waals surface area contributed by atoms with Crippen LogP contribution in [0.1, 0.15) is 50.1 Å². The van der Waals surface area contributed by atoms with Gasteiger partial charge in [-0.1, -0.05) is 224 Å². The van der Waals surface area contributed by atoms with Crippen LogP contribution < -0.4 is 10.2 Å². The van der Waals surface area contributed by atoms with Gasteiger partial charge in [-0.2, -0.15) is 0 Å². The van der Waals surface area contributed by atoms with Crippen LogP contribution in [0.2, 0.25) is 0 Å². The van der Waals surface area contributed by atoms with Gasteiger partial charge in [-0.3, -0.25) is 5.41 Å². The summed E-state index contributed by atoms with van der Waals surface area (Å²) in [5.41, 5.74) is 18.2. The fourth-order valence-electron chi connectivity index (χ4n) is 10.6. The topological polar surface area (TPSA) is 39.1 Å². The van der Waals surface area contributed by atoms with Crippen molar-refractivity contribution in [1.29, 1.82) is 5.41 Å². The molecule has 0 radical (unpaired) electrons. The summed E-state index contributed by atoms with van der Waals surface area (Å²) in [4.78, 5) is 2.44. The standard InChI is InChI=1S/C64H45N3/c65-62(47-26-10-3-11-27-47)61(46-24-8-2-9-25-46)63-54-39-37-51(41-48(54)42-59(66-63)45-22-6-1-7-23-45)67(60-36-20-28-44-21-16-17-33-53(44)60)52-38-40-56-55-34-18-19-35-57(55)64(58(56)43-52,49-29-12-4-13-30-49)50-31-14-5-15-32-50/h1-43,65-66H/b63-61-,65-62?. The Labute approximate surface area is 391 Å². The molecule has 10 aromatic rings. The molecule has 0 atom stereocenters. The van der Waals surface area contributed by atoms with Crippen LogP contribution in [0.15, 0.2) is 255 Å². The highest BCUT2D eigenvalue weighted by atomic mass is 15.1. The number of allylic oxidation sites excluding steroid dienone is 1. The maximum atomic E-state index is 9.82. The molecule has 0 bridgehead atoms. The van der Waals surface area contributed by atoms with Crippen LogP contribution in [-0.4, -0.2) is 5.71 Å². The SMILES string of the molecule is N=C(/C(=C1\NC(c2ccccc2)=Cc2cc(N(c3ccc4c(c3)C(c3ccccc3)(c3ccccc3)c3ccccc3-4)c3cccc4ccccc34)ccc21)c1ccccc1)c1ccccc1. The monoisotopic (exact) mass is 855 g/mol. The van der Waals surface area contributed by atoms with Gasteiger partial charge in [-0.15, -0.1) is 0 Å². The summed E-state index contributed by atoms with van der Waals surface area (Å²) in [6.07, 6.45) is 2.27. The van der Waals surface area contributed by atoms with Crippen LogP contribution in [0.4, 0.5) is 17.1 Å². The largest absolute Gasteiger partial charge is 0.354 e. The van der Waals surface area contributed by atoms with E-state index < -0.39 is 5.41 Å². The van der Waals surface area contributed by atoms with Gasteiger partial charge >= 0.3 is 0 Å². The van der Waals surface area contributed by atoms with Crippen LogP contribution in [0, 0.1) is 5.41 Å². The molecule has 0 spiro atoms. The summed E-state index contributed by atoms with van der Waals surface area (Å²) in [5.74, 6) is 0. The van der Waals surface area contributed by atoms with E-state index in [0.717, 1.165) is 67.2 Å². The van der Waals surface area contributed by atoms with Crippen LogP contribution in [0.25, 0.3) is 44.9 Å². The second-order valence-electron chi connectivity index (χ2n) is 17.3. The van der Waals surface area contributed by atoms with Crippen molar-refractivity contribution < 1.29 is 0 Å². The lowest BCUT2D eigenvalue weighted by atomic mass is 9.67. The third-order valence-corrected chi connectivity index (χ3v) is 13.5. The Morgan fingerprint density at radius 3 is 1.67 bits per heavy atom. The first-order valence-electron chi connectivity index (χ1n) is 22.9. The number of nitrogens with one attached hydrogen (secondary N) is 2. The van der Waals surface area contributed by atoms with Crippen LogP contribution in [0.3, 0.4) is 0 Å². The predicted molar refractivity (Wildman–Crippen MR) is 280 cm³/mol. The average molecular weight is 856 g/mol. The molecule has 0 saturated heterocycles. The van der Waals surface area contributed by atoms with E-state index >= 15 is 0 Å². The minimum absolute atomic E-state index is 0.454. The zero-order chi connectivity index (χ0) is 44.7. The zero-order valence-corrected chi connectivity index (χ0v) is 36.8. The van der Waals surface area contributed by atoms with E-state index in [0.29, 0.717) is 5.71 Å². The van der Waals surface area contributed by atoms with E-state index in [4.69, 9.17) is 0 Å². The fraction of sp³-hybridized carbons (Fsp3) is 0.0156. The van der Waals surface area contributed by atoms with Gasteiger partial charge < -0.3 is 10.2 Å². The predicted octanol–water partition coefficient (Wildman–Crippen LogP) is 15.7. The number of benzene rings is 10. The van der Waals surface area contributed by atoms with Gasteiger partial charge in [0.1, 0.15) is 0 Å². The number of rotatable bonds is 9. The van der Waals surface area contributed by atoms with E-state index in [1.165, 1.54) is 38.8 Å². The van der Waals surface area contributed by atoms with Gasteiger partial charge in [0.25, 0.3) is 0 Å². The van der Waals surface area contributed by atoms with Gasteiger partial charge in [0.15, 0.2) is 0 Å². The Balaban J connectivity index is 1.12. The molecule has 10 aromatic carbocycles. The van der Waals surface area contributed by atoms with Crippen LogP contribution in [0.5, 0.6) is 0 Å². The van der Waals surface area contributed by atoms with Crippen LogP contribution >= 0.6 is 0 Å². The molecule has 2 N–H and O–H groups in total. The molecule has 3 nitrogen and oxygen atoms in total. The van der Waals surface area contributed by atoms with Crippen molar-refractivity contribution in [1.82, 2.24) is 5.32 Å². The highest BCUT2D eigenvalue weighted by molar-refractivity contribution is 6.36. The molecule has 2 aliphatic rings. The number of hydrogen-bond acceptors (Lipinski definition) is 3. The summed E-state index contributed by atoms with van der Waals surface area (Å²) >= 11 is 0. The van der Waals surface area contributed by atoms with Crippen molar-refractivity contribution in [2.24, 2.45) is 0 Å². The minimum atomic E-state index is -0.555. The lowest BCUT2D eigenvalue weighted by Crippen LogP contribution is -2.28. The number of nitrogens with zero attached hydrogens (tertiary/aromatic N) is 1. The first-order valence-corrected chi connectivity index (χ1v) is 22.9. The molecule has 1 aliphatic heterocycles.